The van der Waals surface area contributed by atoms with E-state index in [1.165, 1.54) is 83.5 Å². The predicted octanol–water partition coefficient (Wildman–Crippen LogP) is 11.0. The van der Waals surface area contributed by atoms with Crippen LogP contribution in [0, 0.1) is 17.8 Å². The molecule has 0 heterocycles. The van der Waals surface area contributed by atoms with Crippen LogP contribution in [0.1, 0.15) is 253 Å². The molecule has 14 heteroatoms. The minimum atomic E-state index is -0.586. The van der Waals surface area contributed by atoms with Gasteiger partial charge in [0.25, 0.3) is 0 Å². The van der Waals surface area contributed by atoms with Crippen molar-refractivity contribution in [2.45, 2.75) is 253 Å². The summed E-state index contributed by atoms with van der Waals surface area (Å²) >= 11 is 0. The average molecular weight is 1060 g/mol. The number of carbonyl (C=O) groups excluding carboxylic acids is 6. The van der Waals surface area contributed by atoms with Gasteiger partial charge >= 0.3 is 0 Å². The molecular formula is C61H118N8O6. The highest BCUT2D eigenvalue weighted by molar-refractivity contribution is 5.92. The molecule has 1 rings (SSSR count). The summed E-state index contributed by atoms with van der Waals surface area (Å²) in [7, 11) is 0. The number of carbonyl (C=O) groups is 6. The monoisotopic (exact) mass is 1060 g/mol. The molecule has 0 aliphatic heterocycles. The van der Waals surface area contributed by atoms with E-state index in [1.807, 2.05) is 0 Å². The molecule has 1 fully saturated rings. The summed E-state index contributed by atoms with van der Waals surface area (Å²) < 4.78 is 0. The maximum absolute atomic E-state index is 15.0. The van der Waals surface area contributed by atoms with E-state index >= 15 is 4.79 Å². The quantitative estimate of drug-likeness (QED) is 0.0503. The van der Waals surface area contributed by atoms with Gasteiger partial charge in [0.1, 0.15) is 0 Å². The standard InChI is InChI=1S/C61H118N8O6/c1-7-13-17-19-21-23-25-27-29-34-42-65(49-60(74)67(48-56(63)70)45-53(11-5)36-15-9-3)59(73)52-69(46-54(12-6)37-16-10-4)61(75)50-66(43-35-30-28-26-24-22-20-18-14-8-2)58(72)51-68(57(71)44-64-41-40-62)47-55-38-32-31-33-39-55/h53-55,64H,7-52,62H2,1-6H3,(H2,63,70). The third kappa shape index (κ3) is 35.0. The summed E-state index contributed by atoms with van der Waals surface area (Å²) in [6.45, 7) is 15.1. The highest BCUT2D eigenvalue weighted by atomic mass is 16.2. The van der Waals surface area contributed by atoms with E-state index in [2.05, 4.69) is 46.9 Å². The first-order valence-electron chi connectivity index (χ1n) is 31.4. The largest absolute Gasteiger partial charge is 0.368 e. The molecule has 6 amide bonds. The second kappa shape index (κ2) is 46.8. The van der Waals surface area contributed by atoms with Crippen molar-refractivity contribution in [1.82, 2.24) is 29.8 Å². The topological polar surface area (TPSA) is 183 Å². The molecule has 5 N–H and O–H groups in total. The number of primary amides is 1. The van der Waals surface area contributed by atoms with Crippen LogP contribution in [0.25, 0.3) is 0 Å². The number of amides is 6. The Bertz CT molecular complexity index is 1480. The van der Waals surface area contributed by atoms with Crippen LogP contribution in [0.2, 0.25) is 0 Å². The number of nitrogens with two attached hydrogens (primary N) is 2. The number of hydrogen-bond donors (Lipinski definition) is 3. The molecule has 2 atom stereocenters. The van der Waals surface area contributed by atoms with Crippen molar-refractivity contribution in [3.8, 4) is 0 Å². The summed E-state index contributed by atoms with van der Waals surface area (Å²) in [6, 6.07) is 0. The number of hydrogen-bond acceptors (Lipinski definition) is 8. The van der Waals surface area contributed by atoms with Crippen molar-refractivity contribution in [3.05, 3.63) is 0 Å². The second-order valence-corrected chi connectivity index (χ2v) is 22.6. The third-order valence-electron chi connectivity index (χ3n) is 15.8. The Kier molecular flexibility index (Phi) is 43.5. The van der Waals surface area contributed by atoms with Crippen molar-refractivity contribution in [2.24, 2.45) is 29.2 Å². The SMILES string of the molecule is CCCCCCCCCCCCN(CC(=O)N(CC(N)=O)CC(CC)CCCC)C(=O)CN(CC(CC)CCCC)C(=O)CN(CCCCCCCCCCCC)C(=O)CN(CC1CCCCC1)C(=O)CNCCN. The molecule has 1 aliphatic carbocycles. The molecule has 0 bridgehead atoms. The van der Waals surface area contributed by atoms with Crippen LogP contribution in [-0.2, 0) is 28.8 Å². The van der Waals surface area contributed by atoms with Crippen LogP contribution in [0.15, 0.2) is 0 Å². The fourth-order valence-electron chi connectivity index (χ4n) is 10.7. The minimum absolute atomic E-state index is 0.0943. The van der Waals surface area contributed by atoms with Gasteiger partial charge in [-0.25, -0.2) is 0 Å². The number of nitrogens with one attached hydrogen (secondary N) is 1. The highest BCUT2D eigenvalue weighted by Crippen LogP contribution is 2.25. The second-order valence-electron chi connectivity index (χ2n) is 22.6. The Balaban J connectivity index is 3.57. The van der Waals surface area contributed by atoms with Crippen LogP contribution in [0.5, 0.6) is 0 Å². The van der Waals surface area contributed by atoms with Gasteiger partial charge in [-0.15, -0.1) is 0 Å². The van der Waals surface area contributed by atoms with Crippen LogP contribution in [0.4, 0.5) is 0 Å². The Morgan fingerprint density at radius 3 is 1.19 bits per heavy atom. The Hall–Kier alpha value is -3.26. The van der Waals surface area contributed by atoms with Gasteiger partial charge in [-0.1, -0.05) is 215 Å². The zero-order valence-electron chi connectivity index (χ0n) is 49.6. The normalized spacial score (nSPS) is 13.6. The van der Waals surface area contributed by atoms with E-state index in [4.69, 9.17) is 11.5 Å². The van der Waals surface area contributed by atoms with Gasteiger partial charge in [0.2, 0.25) is 35.4 Å². The van der Waals surface area contributed by atoms with E-state index in [-0.39, 0.29) is 80.6 Å². The lowest BCUT2D eigenvalue weighted by molar-refractivity contribution is -0.148. The third-order valence-corrected chi connectivity index (χ3v) is 15.8. The van der Waals surface area contributed by atoms with E-state index in [1.54, 1.807) is 24.5 Å². The molecule has 14 nitrogen and oxygen atoms in total. The molecule has 1 aliphatic rings. The zero-order valence-corrected chi connectivity index (χ0v) is 49.6. The van der Waals surface area contributed by atoms with Crippen LogP contribution in [-0.4, -0.2) is 145 Å². The van der Waals surface area contributed by atoms with Crippen LogP contribution in [0.3, 0.4) is 0 Å². The van der Waals surface area contributed by atoms with Crippen LogP contribution >= 0.6 is 0 Å². The van der Waals surface area contributed by atoms with Crippen LogP contribution < -0.4 is 16.8 Å². The smallest absolute Gasteiger partial charge is 0.242 e. The molecular weight excluding hydrogens is 941 g/mol. The highest BCUT2D eigenvalue weighted by Gasteiger charge is 2.31. The average Bonchev–Trinajstić information content (AvgIpc) is 3.40. The lowest BCUT2D eigenvalue weighted by atomic mass is 9.89. The molecule has 0 spiro atoms. The van der Waals surface area contributed by atoms with Crippen molar-refractivity contribution in [3.63, 3.8) is 0 Å². The summed E-state index contributed by atoms with van der Waals surface area (Å²) in [5.74, 6) is -1.21. The van der Waals surface area contributed by atoms with Gasteiger partial charge in [0, 0.05) is 45.8 Å². The van der Waals surface area contributed by atoms with Crippen molar-refractivity contribution in [1.29, 1.82) is 0 Å². The number of unbranched alkanes of at least 4 members (excludes halogenated alkanes) is 20. The molecule has 2 unspecified atom stereocenters. The van der Waals surface area contributed by atoms with E-state index in [0.29, 0.717) is 51.7 Å². The molecule has 438 valence electrons. The number of rotatable bonds is 50. The molecule has 0 aromatic heterocycles. The van der Waals surface area contributed by atoms with Gasteiger partial charge < -0.3 is 41.3 Å². The molecule has 0 radical (unpaired) electrons. The van der Waals surface area contributed by atoms with Gasteiger partial charge in [-0.3, -0.25) is 28.8 Å². The zero-order chi connectivity index (χ0) is 55.3. The maximum atomic E-state index is 15.0. The van der Waals surface area contributed by atoms with Gasteiger partial charge in [0.05, 0.1) is 39.3 Å². The van der Waals surface area contributed by atoms with Gasteiger partial charge in [-0.05, 0) is 56.3 Å². The molecule has 0 aromatic rings. The molecule has 1 saturated carbocycles. The van der Waals surface area contributed by atoms with Crippen molar-refractivity contribution < 1.29 is 28.8 Å². The fourth-order valence-corrected chi connectivity index (χ4v) is 10.7. The molecule has 0 saturated heterocycles. The molecule has 75 heavy (non-hydrogen) atoms. The Labute approximate surface area is 460 Å². The van der Waals surface area contributed by atoms with E-state index < -0.39 is 5.91 Å². The maximum Gasteiger partial charge on any atom is 0.242 e. The first kappa shape index (κ1) is 69.8. The Morgan fingerprint density at radius 1 is 0.440 bits per heavy atom. The van der Waals surface area contributed by atoms with E-state index in [9.17, 15) is 24.0 Å². The summed E-state index contributed by atoms with van der Waals surface area (Å²) in [5.41, 5.74) is 11.5. The van der Waals surface area contributed by atoms with Crippen molar-refractivity contribution >= 4 is 35.4 Å². The molecule has 0 aromatic carbocycles. The minimum Gasteiger partial charge on any atom is -0.368 e. The van der Waals surface area contributed by atoms with Gasteiger partial charge in [0.15, 0.2) is 0 Å². The number of nitrogens with zero attached hydrogens (tertiary/aromatic N) is 5. The predicted molar refractivity (Wildman–Crippen MR) is 311 cm³/mol. The summed E-state index contributed by atoms with van der Waals surface area (Å²) in [4.78, 5) is 93.2. The summed E-state index contributed by atoms with van der Waals surface area (Å²) in [5, 5.41) is 3.13. The Morgan fingerprint density at radius 2 is 0.800 bits per heavy atom. The first-order valence-corrected chi connectivity index (χ1v) is 31.4. The summed E-state index contributed by atoms with van der Waals surface area (Å²) in [6.07, 6.45) is 35.7. The first-order chi connectivity index (χ1) is 36.4. The lowest BCUT2D eigenvalue weighted by Crippen LogP contribution is -2.53. The van der Waals surface area contributed by atoms with Gasteiger partial charge in [-0.2, -0.15) is 0 Å². The fraction of sp³-hybridized carbons (Fsp3) is 0.902. The van der Waals surface area contributed by atoms with Crippen molar-refractivity contribution in [2.75, 3.05) is 85.1 Å². The lowest BCUT2D eigenvalue weighted by Gasteiger charge is -2.34. The van der Waals surface area contributed by atoms with E-state index in [0.717, 1.165) is 128 Å².